The van der Waals surface area contributed by atoms with Crippen LogP contribution in [0, 0.1) is 14.9 Å². The fourth-order valence-electron chi connectivity index (χ4n) is 1.72. The van der Waals surface area contributed by atoms with Gasteiger partial charge in [-0.15, -0.1) is 0 Å². The minimum Gasteiger partial charge on any atom is -0.358 e. The smallest absolute Gasteiger partial charge is 0.358 e. The van der Waals surface area contributed by atoms with Crippen LogP contribution in [0.3, 0.4) is 0 Å². The predicted octanol–water partition coefficient (Wildman–Crippen LogP) is 6.29. The average Bonchev–Trinajstić information content (AvgIpc) is 2.77. The van der Waals surface area contributed by atoms with Crippen LogP contribution >= 0.6 is 0 Å². The third-order valence-electron chi connectivity index (χ3n) is 2.72. The van der Waals surface area contributed by atoms with Crippen LogP contribution in [0.2, 0.25) is 0 Å². The first-order valence-corrected chi connectivity index (χ1v) is 5.85. The molecule has 0 radical (unpaired) electrons. The molecule has 1 aliphatic rings. The Bertz CT molecular complexity index is 217. The first kappa shape index (κ1) is 26.3. The molecular formula is C17H32Fe. The van der Waals surface area contributed by atoms with Crippen molar-refractivity contribution >= 4 is 0 Å². The Kier molecular flexibility index (Phi) is 24.5. The molecule has 0 bridgehead atoms. The molecule has 1 heteroatoms. The first-order valence-electron chi connectivity index (χ1n) is 5.85. The average molecular weight is 292 g/mol. The molecule has 0 saturated heterocycles. The van der Waals surface area contributed by atoms with Crippen molar-refractivity contribution in [3.8, 4) is 0 Å². The standard InChI is InChI=1S/C9H12.C5H10.CH4.2CH3.Fe/c1-8(2)9-6-4-3-5-7-9;1-2-4-5-3-1;;;;/h3-8H,1-2H3;1-5H2;1H4;2*1H3;/q;;;2*-1;+2. The van der Waals surface area contributed by atoms with Gasteiger partial charge in [-0.2, -0.15) is 0 Å². The molecule has 0 aromatic heterocycles. The summed E-state index contributed by atoms with van der Waals surface area (Å²) < 4.78 is 0. The summed E-state index contributed by atoms with van der Waals surface area (Å²) >= 11 is 0. The van der Waals surface area contributed by atoms with Crippen molar-refractivity contribution in [1.29, 1.82) is 0 Å². The summed E-state index contributed by atoms with van der Waals surface area (Å²) in [5, 5.41) is 0. The molecule has 0 unspecified atom stereocenters. The van der Waals surface area contributed by atoms with Gasteiger partial charge in [0.1, 0.15) is 0 Å². The molecule has 0 aliphatic heterocycles. The molecule has 1 fully saturated rings. The van der Waals surface area contributed by atoms with Crippen LogP contribution in [0.15, 0.2) is 30.3 Å². The molecule has 0 spiro atoms. The Hall–Kier alpha value is -0.261. The number of rotatable bonds is 1. The number of hydrogen-bond acceptors (Lipinski definition) is 0. The zero-order chi connectivity index (χ0) is 10.2. The van der Waals surface area contributed by atoms with Crippen molar-refractivity contribution in [2.75, 3.05) is 0 Å². The fraction of sp³-hybridized carbons (Fsp3) is 0.529. The van der Waals surface area contributed by atoms with Gasteiger partial charge in [0, 0.05) is 0 Å². The molecule has 0 heterocycles. The van der Waals surface area contributed by atoms with Crippen molar-refractivity contribution in [2.45, 2.75) is 59.3 Å². The minimum atomic E-state index is 0. The van der Waals surface area contributed by atoms with E-state index in [1.54, 1.807) is 0 Å². The van der Waals surface area contributed by atoms with E-state index in [2.05, 4.69) is 38.1 Å². The predicted molar refractivity (Wildman–Crippen MR) is 83.2 cm³/mol. The van der Waals surface area contributed by atoms with Gasteiger partial charge in [-0.3, -0.25) is 0 Å². The van der Waals surface area contributed by atoms with Crippen LogP contribution in [0.1, 0.15) is 64.9 Å². The second-order valence-electron chi connectivity index (χ2n) is 4.33. The monoisotopic (exact) mass is 292 g/mol. The minimum absolute atomic E-state index is 0. The van der Waals surface area contributed by atoms with E-state index in [1.165, 1.54) is 37.7 Å². The topological polar surface area (TPSA) is 0 Å². The van der Waals surface area contributed by atoms with Crippen LogP contribution in [0.4, 0.5) is 0 Å². The van der Waals surface area contributed by atoms with E-state index in [0.29, 0.717) is 5.92 Å². The molecule has 0 amide bonds. The van der Waals surface area contributed by atoms with E-state index < -0.39 is 0 Å². The quantitative estimate of drug-likeness (QED) is 0.421. The third kappa shape index (κ3) is 12.2. The van der Waals surface area contributed by atoms with E-state index >= 15 is 0 Å². The van der Waals surface area contributed by atoms with Gasteiger partial charge in [-0.05, 0) is 11.5 Å². The van der Waals surface area contributed by atoms with Gasteiger partial charge in [0.15, 0.2) is 0 Å². The summed E-state index contributed by atoms with van der Waals surface area (Å²) in [5.74, 6) is 0.659. The molecule has 18 heavy (non-hydrogen) atoms. The number of benzene rings is 1. The largest absolute Gasteiger partial charge is 2.00 e. The van der Waals surface area contributed by atoms with Crippen LogP contribution in [0.25, 0.3) is 0 Å². The van der Waals surface area contributed by atoms with Crippen LogP contribution in [-0.4, -0.2) is 0 Å². The molecule has 0 atom stereocenters. The Morgan fingerprint density at radius 3 is 1.33 bits per heavy atom. The maximum Gasteiger partial charge on any atom is 2.00 e. The van der Waals surface area contributed by atoms with Gasteiger partial charge in [0.25, 0.3) is 0 Å². The maximum atomic E-state index is 2.20. The van der Waals surface area contributed by atoms with E-state index in [9.17, 15) is 0 Å². The normalized spacial score (nSPS) is 11.7. The molecule has 0 nitrogen and oxygen atoms in total. The Morgan fingerprint density at radius 2 is 1.11 bits per heavy atom. The molecule has 2 rings (SSSR count). The molecule has 0 N–H and O–H groups in total. The third-order valence-corrected chi connectivity index (χ3v) is 2.72. The second-order valence-corrected chi connectivity index (χ2v) is 4.33. The summed E-state index contributed by atoms with van der Waals surface area (Å²) in [5.41, 5.74) is 1.41. The summed E-state index contributed by atoms with van der Waals surface area (Å²) in [6, 6.07) is 10.5. The van der Waals surface area contributed by atoms with Crippen LogP contribution in [0.5, 0.6) is 0 Å². The summed E-state index contributed by atoms with van der Waals surface area (Å²) in [6.45, 7) is 4.41. The molecule has 1 saturated carbocycles. The summed E-state index contributed by atoms with van der Waals surface area (Å²) in [6.07, 6.45) is 7.50. The first-order chi connectivity index (χ1) is 6.80. The SMILES string of the molecule is C.C1CCCC1.CC(C)c1ccccc1.[CH3-].[CH3-].[Fe+2]. The Labute approximate surface area is 127 Å². The van der Waals surface area contributed by atoms with E-state index in [1.807, 2.05) is 6.07 Å². The second kappa shape index (κ2) is 16.7. The summed E-state index contributed by atoms with van der Waals surface area (Å²) in [4.78, 5) is 0. The van der Waals surface area contributed by atoms with Gasteiger partial charge >= 0.3 is 17.1 Å². The molecule has 1 aromatic rings. The number of hydrogen-bond donors (Lipinski definition) is 0. The van der Waals surface area contributed by atoms with Crippen molar-refractivity contribution in [3.63, 3.8) is 0 Å². The van der Waals surface area contributed by atoms with Crippen LogP contribution < -0.4 is 0 Å². The summed E-state index contributed by atoms with van der Waals surface area (Å²) in [7, 11) is 0. The molecular weight excluding hydrogens is 260 g/mol. The van der Waals surface area contributed by atoms with E-state index in [4.69, 9.17) is 0 Å². The Morgan fingerprint density at radius 1 is 0.778 bits per heavy atom. The zero-order valence-electron chi connectivity index (χ0n) is 11.9. The molecule has 1 aliphatic carbocycles. The van der Waals surface area contributed by atoms with Crippen molar-refractivity contribution in [3.05, 3.63) is 50.7 Å². The maximum absolute atomic E-state index is 2.20. The Balaban J connectivity index is -0.0000000969. The van der Waals surface area contributed by atoms with Gasteiger partial charge in [0.2, 0.25) is 0 Å². The van der Waals surface area contributed by atoms with Gasteiger partial charge in [-0.1, -0.05) is 83.7 Å². The van der Waals surface area contributed by atoms with Crippen LogP contribution in [-0.2, 0) is 17.1 Å². The fourth-order valence-corrected chi connectivity index (χ4v) is 1.72. The van der Waals surface area contributed by atoms with Gasteiger partial charge in [-0.25, -0.2) is 0 Å². The van der Waals surface area contributed by atoms with E-state index in [-0.39, 0.29) is 39.3 Å². The zero-order valence-corrected chi connectivity index (χ0v) is 13.0. The van der Waals surface area contributed by atoms with Gasteiger partial charge in [0.05, 0.1) is 0 Å². The van der Waals surface area contributed by atoms with Crippen molar-refractivity contribution in [2.24, 2.45) is 0 Å². The van der Waals surface area contributed by atoms with Crippen molar-refractivity contribution in [1.82, 2.24) is 0 Å². The molecule has 1 aromatic carbocycles. The van der Waals surface area contributed by atoms with Crippen molar-refractivity contribution < 1.29 is 17.1 Å². The van der Waals surface area contributed by atoms with E-state index in [0.717, 1.165) is 0 Å². The molecule has 108 valence electrons. The van der Waals surface area contributed by atoms with Gasteiger partial charge < -0.3 is 14.9 Å².